The first kappa shape index (κ1) is 7.74. The van der Waals surface area contributed by atoms with Crippen molar-refractivity contribution in [1.82, 2.24) is 5.43 Å². The lowest BCUT2D eigenvalue weighted by Crippen LogP contribution is -2.29. The Morgan fingerprint density at radius 2 is 2.64 bits per heavy atom. The summed E-state index contributed by atoms with van der Waals surface area (Å²) in [6.07, 6.45) is 1.98. The number of rotatable bonds is 1. The number of carbonyl (C=O) groups is 1. The Bertz CT molecular complexity index is 222. The number of aliphatic hydroxyl groups excluding tert-OH is 1. The number of hydrogen-bond acceptors (Lipinski definition) is 5. The molecule has 1 aliphatic rings. The lowest BCUT2D eigenvalue weighted by molar-refractivity contribution is -0.132. The van der Waals surface area contributed by atoms with Crippen molar-refractivity contribution in [3.8, 4) is 0 Å². The molecule has 11 heavy (non-hydrogen) atoms. The molecule has 0 fully saturated rings. The number of nitrogens with one attached hydrogen (secondary N) is 1. The summed E-state index contributed by atoms with van der Waals surface area (Å²) in [5, 5.41) is 12.4. The second-order valence-corrected chi connectivity index (χ2v) is 1.92. The predicted molar refractivity (Wildman–Crippen MR) is 37.7 cm³/mol. The van der Waals surface area contributed by atoms with E-state index in [0.29, 0.717) is 0 Å². The first-order chi connectivity index (χ1) is 5.24. The lowest BCUT2D eigenvalue weighted by atomic mass is 10.3. The molecular formula is C6H8N2O3. The Morgan fingerprint density at radius 1 is 1.91 bits per heavy atom. The zero-order valence-electron chi connectivity index (χ0n) is 5.94. The third-order valence-corrected chi connectivity index (χ3v) is 1.15. The van der Waals surface area contributed by atoms with Crippen LogP contribution in [0.1, 0.15) is 0 Å². The molecule has 1 heterocycles. The normalized spacial score (nSPS) is 22.0. The number of aliphatic hydroxyl groups is 1. The van der Waals surface area contributed by atoms with E-state index in [2.05, 4.69) is 15.3 Å². The van der Waals surface area contributed by atoms with Gasteiger partial charge in [-0.05, 0) is 12.2 Å². The summed E-state index contributed by atoms with van der Waals surface area (Å²) in [7, 11) is 1.27. The Labute approximate surface area is 63.4 Å². The second kappa shape index (κ2) is 3.16. The summed E-state index contributed by atoms with van der Waals surface area (Å²) in [6.45, 7) is 0. The molecule has 5 nitrogen and oxygen atoms in total. The van der Waals surface area contributed by atoms with E-state index < -0.39 is 12.2 Å². The Morgan fingerprint density at radius 3 is 3.09 bits per heavy atom. The van der Waals surface area contributed by atoms with Crippen molar-refractivity contribution in [3.63, 3.8) is 0 Å². The predicted octanol–water partition coefficient (Wildman–Crippen LogP) is -1.01. The van der Waals surface area contributed by atoms with Gasteiger partial charge in [-0.25, -0.2) is 4.79 Å². The Kier molecular flexibility index (Phi) is 2.22. The maximum atomic E-state index is 10.7. The Hall–Kier alpha value is -1.36. The van der Waals surface area contributed by atoms with E-state index in [-0.39, 0.29) is 5.71 Å². The molecule has 5 heteroatoms. The van der Waals surface area contributed by atoms with Crippen molar-refractivity contribution in [2.45, 2.75) is 6.23 Å². The minimum absolute atomic E-state index is 0.151. The molecule has 1 rings (SSSR count). The van der Waals surface area contributed by atoms with Gasteiger partial charge < -0.3 is 9.84 Å². The van der Waals surface area contributed by atoms with E-state index >= 15 is 0 Å². The fourth-order valence-electron chi connectivity index (χ4n) is 0.617. The zero-order chi connectivity index (χ0) is 8.27. The highest BCUT2D eigenvalue weighted by Gasteiger charge is 2.12. The van der Waals surface area contributed by atoms with Crippen molar-refractivity contribution in [2.24, 2.45) is 5.10 Å². The molecular weight excluding hydrogens is 148 g/mol. The van der Waals surface area contributed by atoms with Crippen LogP contribution in [0.15, 0.2) is 17.3 Å². The van der Waals surface area contributed by atoms with Crippen LogP contribution in [0.4, 0.5) is 0 Å². The largest absolute Gasteiger partial charge is 0.464 e. The number of carbonyl (C=O) groups excluding carboxylic acids is 1. The van der Waals surface area contributed by atoms with Crippen LogP contribution in [0.25, 0.3) is 0 Å². The second-order valence-electron chi connectivity index (χ2n) is 1.92. The highest BCUT2D eigenvalue weighted by atomic mass is 16.5. The first-order valence-electron chi connectivity index (χ1n) is 3.02. The average Bonchev–Trinajstić information content (AvgIpc) is 2.05. The zero-order valence-corrected chi connectivity index (χ0v) is 5.94. The van der Waals surface area contributed by atoms with Crippen molar-refractivity contribution in [1.29, 1.82) is 0 Å². The van der Waals surface area contributed by atoms with E-state index in [1.54, 1.807) is 0 Å². The minimum Gasteiger partial charge on any atom is -0.464 e. The maximum absolute atomic E-state index is 10.7. The molecule has 0 saturated carbocycles. The number of hydrogen-bond donors (Lipinski definition) is 2. The number of nitrogens with zero attached hydrogens (tertiary/aromatic N) is 1. The maximum Gasteiger partial charge on any atom is 0.358 e. The van der Waals surface area contributed by atoms with Crippen LogP contribution < -0.4 is 5.43 Å². The van der Waals surface area contributed by atoms with E-state index in [1.165, 1.54) is 19.3 Å². The molecule has 0 aromatic rings. The van der Waals surface area contributed by atoms with Crippen LogP contribution in [0.5, 0.6) is 0 Å². The topological polar surface area (TPSA) is 70.9 Å². The molecule has 0 spiro atoms. The summed E-state index contributed by atoms with van der Waals surface area (Å²) >= 11 is 0. The van der Waals surface area contributed by atoms with Crippen LogP contribution in [0.3, 0.4) is 0 Å². The summed E-state index contributed by atoms with van der Waals surface area (Å²) in [4.78, 5) is 10.7. The van der Waals surface area contributed by atoms with Gasteiger partial charge in [0.1, 0.15) is 0 Å². The van der Waals surface area contributed by atoms with E-state index in [9.17, 15) is 4.79 Å². The van der Waals surface area contributed by atoms with Gasteiger partial charge in [0.2, 0.25) is 0 Å². The standard InChI is InChI=1S/C6H8N2O3/c1-11-6(10)4-2-3-5(9)8-7-4/h2-3,5,8-9H,1H3. The number of hydrazone groups is 1. The molecule has 0 amide bonds. The van der Waals surface area contributed by atoms with Crippen LogP contribution in [-0.2, 0) is 9.53 Å². The summed E-state index contributed by atoms with van der Waals surface area (Å²) in [6, 6.07) is 0. The minimum atomic E-state index is -0.816. The van der Waals surface area contributed by atoms with Crippen LogP contribution in [0.2, 0.25) is 0 Å². The third kappa shape index (κ3) is 1.78. The summed E-state index contributed by atoms with van der Waals surface area (Å²) in [5.41, 5.74) is 2.45. The number of methoxy groups -OCH3 is 1. The summed E-state index contributed by atoms with van der Waals surface area (Å²) in [5.74, 6) is -0.527. The quantitative estimate of drug-likeness (QED) is 0.477. The SMILES string of the molecule is COC(=O)C1=NNC(O)C=C1. The fraction of sp³-hybridized carbons (Fsp3) is 0.333. The first-order valence-corrected chi connectivity index (χ1v) is 3.02. The van der Waals surface area contributed by atoms with Gasteiger partial charge in [-0.2, -0.15) is 5.10 Å². The molecule has 0 radical (unpaired) electrons. The summed E-state index contributed by atoms with van der Waals surface area (Å²) < 4.78 is 4.38. The van der Waals surface area contributed by atoms with E-state index in [4.69, 9.17) is 5.11 Å². The molecule has 1 aliphatic heterocycles. The number of ether oxygens (including phenoxy) is 1. The molecule has 0 saturated heterocycles. The van der Waals surface area contributed by atoms with Crippen molar-refractivity contribution < 1.29 is 14.6 Å². The van der Waals surface area contributed by atoms with Crippen LogP contribution in [0, 0.1) is 0 Å². The van der Waals surface area contributed by atoms with Crippen molar-refractivity contribution in [2.75, 3.05) is 7.11 Å². The molecule has 0 aromatic carbocycles. The van der Waals surface area contributed by atoms with Gasteiger partial charge in [-0.1, -0.05) is 0 Å². The third-order valence-electron chi connectivity index (χ3n) is 1.15. The van der Waals surface area contributed by atoms with Crippen LogP contribution >= 0.6 is 0 Å². The van der Waals surface area contributed by atoms with Gasteiger partial charge >= 0.3 is 5.97 Å². The van der Waals surface area contributed by atoms with Gasteiger partial charge in [-0.3, -0.25) is 5.43 Å². The van der Waals surface area contributed by atoms with Gasteiger partial charge in [0.15, 0.2) is 11.9 Å². The number of esters is 1. The lowest BCUT2D eigenvalue weighted by Gasteiger charge is -2.10. The fourth-order valence-corrected chi connectivity index (χ4v) is 0.617. The molecule has 0 bridgehead atoms. The van der Waals surface area contributed by atoms with Crippen LogP contribution in [-0.4, -0.2) is 30.1 Å². The molecule has 60 valence electrons. The smallest absolute Gasteiger partial charge is 0.358 e. The molecule has 2 N–H and O–H groups in total. The Balaban J connectivity index is 2.63. The highest BCUT2D eigenvalue weighted by molar-refractivity contribution is 6.41. The molecule has 1 atom stereocenters. The van der Waals surface area contributed by atoms with E-state index in [1.807, 2.05) is 0 Å². The highest BCUT2D eigenvalue weighted by Crippen LogP contribution is 1.93. The van der Waals surface area contributed by atoms with E-state index in [0.717, 1.165) is 0 Å². The van der Waals surface area contributed by atoms with Gasteiger partial charge in [0.05, 0.1) is 7.11 Å². The van der Waals surface area contributed by atoms with Gasteiger partial charge in [0, 0.05) is 0 Å². The van der Waals surface area contributed by atoms with Crippen molar-refractivity contribution in [3.05, 3.63) is 12.2 Å². The van der Waals surface area contributed by atoms with Gasteiger partial charge in [-0.15, -0.1) is 0 Å². The molecule has 0 aliphatic carbocycles. The molecule has 0 aromatic heterocycles. The van der Waals surface area contributed by atoms with Gasteiger partial charge in [0.25, 0.3) is 0 Å². The van der Waals surface area contributed by atoms with Crippen molar-refractivity contribution >= 4 is 11.7 Å². The average molecular weight is 156 g/mol. The molecule has 1 unspecified atom stereocenters. The monoisotopic (exact) mass is 156 g/mol.